The molecule has 1 aromatic carbocycles. The fourth-order valence-electron chi connectivity index (χ4n) is 3.04. The maximum absolute atomic E-state index is 12.5. The number of esters is 1. The zero-order valence-electron chi connectivity index (χ0n) is 13.8. The first-order valence-corrected chi connectivity index (χ1v) is 7.84. The smallest absolute Gasteiger partial charge is 0.410 e. The molecule has 24 heavy (non-hydrogen) atoms. The van der Waals surface area contributed by atoms with Crippen LogP contribution in [0.15, 0.2) is 30.3 Å². The molecular weight excluding hydrogens is 314 g/mol. The van der Waals surface area contributed by atoms with Crippen molar-refractivity contribution in [3.8, 4) is 0 Å². The molecule has 1 amide bonds. The first-order valence-electron chi connectivity index (χ1n) is 7.84. The molecule has 7 nitrogen and oxygen atoms in total. The topological polar surface area (TPSA) is 96.3 Å². The third-order valence-corrected chi connectivity index (χ3v) is 4.46. The molecule has 2 rings (SSSR count). The molecule has 0 spiro atoms. The summed E-state index contributed by atoms with van der Waals surface area (Å²) in [4.78, 5) is 25.4. The first-order chi connectivity index (χ1) is 11.5. The molecule has 0 aromatic heterocycles. The van der Waals surface area contributed by atoms with Gasteiger partial charge in [0.05, 0.1) is 38.3 Å². The molecule has 1 aromatic rings. The van der Waals surface area contributed by atoms with Gasteiger partial charge in [0.2, 0.25) is 0 Å². The van der Waals surface area contributed by atoms with E-state index in [0.29, 0.717) is 0 Å². The molecular formula is C17H23NO6. The highest BCUT2D eigenvalue weighted by Gasteiger charge is 2.49. The monoisotopic (exact) mass is 337 g/mol. The summed E-state index contributed by atoms with van der Waals surface area (Å²) in [5.74, 6) is -0.871. The van der Waals surface area contributed by atoms with Gasteiger partial charge in [-0.3, -0.25) is 9.69 Å². The summed E-state index contributed by atoms with van der Waals surface area (Å²) in [6, 6.07) is 7.78. The second-order valence-electron chi connectivity index (χ2n) is 5.89. The van der Waals surface area contributed by atoms with Crippen LogP contribution in [0.25, 0.3) is 0 Å². The predicted octanol–water partition coefficient (Wildman–Crippen LogP) is 0.928. The Morgan fingerprint density at radius 1 is 1.21 bits per heavy atom. The number of likely N-dealkylation sites (tertiary alicyclic amines) is 1. The maximum Gasteiger partial charge on any atom is 0.410 e. The second-order valence-corrected chi connectivity index (χ2v) is 5.89. The van der Waals surface area contributed by atoms with Crippen molar-refractivity contribution in [1.29, 1.82) is 0 Å². The van der Waals surface area contributed by atoms with Gasteiger partial charge < -0.3 is 19.7 Å². The van der Waals surface area contributed by atoms with Gasteiger partial charge in [-0.1, -0.05) is 37.3 Å². The van der Waals surface area contributed by atoms with Crippen molar-refractivity contribution in [2.24, 2.45) is 5.92 Å². The van der Waals surface area contributed by atoms with E-state index in [2.05, 4.69) is 4.74 Å². The number of ether oxygens (including phenoxy) is 2. The molecule has 132 valence electrons. The van der Waals surface area contributed by atoms with Crippen molar-refractivity contribution < 1.29 is 29.3 Å². The lowest BCUT2D eigenvalue weighted by Crippen LogP contribution is -2.46. The summed E-state index contributed by atoms with van der Waals surface area (Å²) in [7, 11) is 1.26. The molecule has 0 radical (unpaired) electrons. The van der Waals surface area contributed by atoms with Crippen LogP contribution in [0.1, 0.15) is 18.9 Å². The molecule has 0 saturated carbocycles. The molecule has 1 heterocycles. The highest BCUT2D eigenvalue weighted by Crippen LogP contribution is 2.33. The number of amides is 1. The van der Waals surface area contributed by atoms with E-state index >= 15 is 0 Å². The van der Waals surface area contributed by atoms with Gasteiger partial charge in [-0.2, -0.15) is 0 Å². The molecule has 1 aliphatic heterocycles. The van der Waals surface area contributed by atoms with Crippen LogP contribution in [0.4, 0.5) is 4.79 Å². The van der Waals surface area contributed by atoms with Crippen molar-refractivity contribution in [2.75, 3.05) is 13.7 Å². The third-order valence-electron chi connectivity index (χ3n) is 4.46. The summed E-state index contributed by atoms with van der Waals surface area (Å²) in [6.45, 7) is 1.39. The van der Waals surface area contributed by atoms with Gasteiger partial charge in [-0.05, 0) is 5.56 Å². The number of carbonyl (C=O) groups excluding carboxylic acids is 2. The van der Waals surface area contributed by atoms with Gasteiger partial charge in [-0.15, -0.1) is 0 Å². The summed E-state index contributed by atoms with van der Waals surface area (Å²) in [5, 5.41) is 19.8. The van der Waals surface area contributed by atoms with Gasteiger partial charge in [0.1, 0.15) is 6.61 Å². The Labute approximate surface area is 140 Å². The van der Waals surface area contributed by atoms with Crippen molar-refractivity contribution in [3.05, 3.63) is 35.9 Å². The number of aliphatic hydroxyl groups is 2. The van der Waals surface area contributed by atoms with E-state index in [0.717, 1.165) is 5.56 Å². The molecule has 4 atom stereocenters. The highest BCUT2D eigenvalue weighted by atomic mass is 16.6. The number of carbonyl (C=O) groups is 2. The number of nitrogens with zero attached hydrogens (tertiary/aromatic N) is 1. The van der Waals surface area contributed by atoms with Crippen LogP contribution >= 0.6 is 0 Å². The number of rotatable bonds is 5. The van der Waals surface area contributed by atoms with Crippen molar-refractivity contribution in [3.63, 3.8) is 0 Å². The highest BCUT2D eigenvalue weighted by molar-refractivity contribution is 5.73. The Morgan fingerprint density at radius 2 is 1.88 bits per heavy atom. The second kappa shape index (κ2) is 8.12. The minimum Gasteiger partial charge on any atom is -0.469 e. The van der Waals surface area contributed by atoms with Crippen LogP contribution in [-0.4, -0.2) is 59.1 Å². The van der Waals surface area contributed by atoms with E-state index < -0.39 is 36.9 Å². The Kier molecular flexibility index (Phi) is 6.16. The molecule has 1 aliphatic rings. The van der Waals surface area contributed by atoms with Crippen LogP contribution in [-0.2, 0) is 20.9 Å². The van der Waals surface area contributed by atoms with E-state index in [4.69, 9.17) is 4.74 Å². The summed E-state index contributed by atoms with van der Waals surface area (Å²) in [5.41, 5.74) is 0.823. The minimum atomic E-state index is -0.936. The van der Waals surface area contributed by atoms with Crippen LogP contribution in [0.3, 0.4) is 0 Å². The van der Waals surface area contributed by atoms with Crippen LogP contribution < -0.4 is 0 Å². The maximum atomic E-state index is 12.5. The van der Waals surface area contributed by atoms with Crippen LogP contribution in [0, 0.1) is 5.92 Å². The summed E-state index contributed by atoms with van der Waals surface area (Å²) in [6.07, 6.45) is -1.67. The fraction of sp³-hybridized carbons (Fsp3) is 0.529. The SMILES string of the molecule is COC(=O)C[C@@H]1[C@H](C)[C@H](O)[C@H](CO)N1C(=O)OCc1ccccc1. The summed E-state index contributed by atoms with van der Waals surface area (Å²) < 4.78 is 9.96. The average molecular weight is 337 g/mol. The Hall–Kier alpha value is -2.12. The number of benzene rings is 1. The summed E-state index contributed by atoms with van der Waals surface area (Å²) >= 11 is 0. The largest absolute Gasteiger partial charge is 0.469 e. The van der Waals surface area contributed by atoms with Crippen molar-refractivity contribution in [2.45, 2.75) is 38.1 Å². The Balaban J connectivity index is 2.11. The van der Waals surface area contributed by atoms with Crippen LogP contribution in [0.2, 0.25) is 0 Å². The normalized spacial score (nSPS) is 26.2. The predicted molar refractivity (Wildman–Crippen MR) is 84.9 cm³/mol. The number of hydrogen-bond donors (Lipinski definition) is 2. The van der Waals surface area contributed by atoms with E-state index in [1.807, 2.05) is 30.3 Å². The Morgan fingerprint density at radius 3 is 2.46 bits per heavy atom. The zero-order valence-corrected chi connectivity index (χ0v) is 13.8. The zero-order chi connectivity index (χ0) is 17.7. The standard InChI is InChI=1S/C17H23NO6/c1-11-13(8-15(20)23-2)18(14(9-19)16(11)21)17(22)24-10-12-6-4-3-5-7-12/h3-7,11,13-14,16,19,21H,8-10H2,1-2H3/t11-,13+,14-,16-/m0/s1. The molecule has 0 bridgehead atoms. The number of aliphatic hydroxyl groups excluding tert-OH is 2. The molecule has 2 N–H and O–H groups in total. The Bertz CT molecular complexity index is 563. The molecule has 1 fully saturated rings. The lowest BCUT2D eigenvalue weighted by Gasteiger charge is -2.28. The van der Waals surface area contributed by atoms with Gasteiger partial charge in [0, 0.05) is 5.92 Å². The first kappa shape index (κ1) is 18.2. The van der Waals surface area contributed by atoms with Gasteiger partial charge in [0.25, 0.3) is 0 Å². The average Bonchev–Trinajstić information content (AvgIpc) is 2.84. The third kappa shape index (κ3) is 3.85. The fourth-order valence-corrected chi connectivity index (χ4v) is 3.04. The van der Waals surface area contributed by atoms with Crippen LogP contribution in [0.5, 0.6) is 0 Å². The van der Waals surface area contributed by atoms with E-state index in [1.165, 1.54) is 12.0 Å². The van der Waals surface area contributed by atoms with Crippen molar-refractivity contribution >= 4 is 12.1 Å². The molecule has 1 saturated heterocycles. The van der Waals surface area contributed by atoms with Gasteiger partial charge in [0.15, 0.2) is 0 Å². The van der Waals surface area contributed by atoms with Gasteiger partial charge >= 0.3 is 12.1 Å². The van der Waals surface area contributed by atoms with E-state index in [1.54, 1.807) is 6.92 Å². The lowest BCUT2D eigenvalue weighted by atomic mass is 9.96. The van der Waals surface area contributed by atoms with Crippen molar-refractivity contribution in [1.82, 2.24) is 4.90 Å². The molecule has 0 unspecified atom stereocenters. The number of methoxy groups -OCH3 is 1. The molecule has 0 aliphatic carbocycles. The van der Waals surface area contributed by atoms with E-state index in [9.17, 15) is 19.8 Å². The number of hydrogen-bond acceptors (Lipinski definition) is 6. The van der Waals surface area contributed by atoms with E-state index in [-0.39, 0.29) is 18.9 Å². The lowest BCUT2D eigenvalue weighted by molar-refractivity contribution is -0.142. The quantitative estimate of drug-likeness (QED) is 0.776. The molecule has 7 heteroatoms. The van der Waals surface area contributed by atoms with Gasteiger partial charge in [-0.25, -0.2) is 4.79 Å². The minimum absolute atomic E-state index is 0.0638.